The molecule has 1 aliphatic rings. The highest BCUT2D eigenvalue weighted by Gasteiger charge is 2.21. The number of rotatable bonds is 4. The molecule has 1 N–H and O–H groups in total. The summed E-state index contributed by atoms with van der Waals surface area (Å²) < 4.78 is 11.5. The van der Waals surface area contributed by atoms with Crippen LogP contribution in [0.4, 0.5) is 4.79 Å². The topological polar surface area (TPSA) is 50.8 Å². The maximum Gasteiger partial charge on any atom is 0.317 e. The first kappa shape index (κ1) is 16.5. The third kappa shape index (κ3) is 3.92. The molecule has 2 aromatic rings. The van der Waals surface area contributed by atoms with E-state index in [-0.39, 0.29) is 12.1 Å². The van der Waals surface area contributed by atoms with Gasteiger partial charge in [-0.15, -0.1) is 0 Å². The number of carbonyl (C=O) groups excluding carboxylic acids is 1. The van der Waals surface area contributed by atoms with E-state index >= 15 is 0 Å². The van der Waals surface area contributed by atoms with E-state index in [4.69, 9.17) is 21.1 Å². The van der Waals surface area contributed by atoms with Crippen LogP contribution in [0.15, 0.2) is 48.5 Å². The number of hydrogen-bond acceptors (Lipinski definition) is 3. The second-order valence-corrected chi connectivity index (χ2v) is 6.04. The Morgan fingerprint density at radius 3 is 2.71 bits per heavy atom. The van der Waals surface area contributed by atoms with Crippen LogP contribution >= 0.6 is 11.6 Å². The molecule has 1 heterocycles. The Hall–Kier alpha value is -2.40. The summed E-state index contributed by atoms with van der Waals surface area (Å²) in [4.78, 5) is 13.8. The lowest BCUT2D eigenvalue weighted by Gasteiger charge is -2.27. The monoisotopic (exact) mass is 346 g/mol. The fourth-order valence-electron chi connectivity index (χ4n) is 2.45. The first-order chi connectivity index (χ1) is 11.6. The van der Waals surface area contributed by atoms with Crippen LogP contribution in [-0.4, -0.2) is 37.2 Å². The standard InChI is InChI=1S/C18H19ClN2O3/c1-21(11-13-6-2-3-7-15(13)19)18(22)20-10-14-12-23-16-8-4-5-9-17(16)24-14/h2-9,14H,10-12H2,1H3,(H,20,22). The fraction of sp³-hybridized carbons (Fsp3) is 0.278. The molecule has 1 atom stereocenters. The zero-order valence-electron chi connectivity index (χ0n) is 13.4. The van der Waals surface area contributed by atoms with Crippen LogP contribution in [0.5, 0.6) is 11.5 Å². The number of ether oxygens (including phenoxy) is 2. The number of nitrogens with zero attached hydrogens (tertiary/aromatic N) is 1. The number of amides is 2. The van der Waals surface area contributed by atoms with Crippen molar-refractivity contribution >= 4 is 17.6 Å². The molecule has 0 saturated carbocycles. The highest BCUT2D eigenvalue weighted by atomic mass is 35.5. The Labute approximate surface area is 146 Å². The number of nitrogens with one attached hydrogen (secondary N) is 1. The first-order valence-electron chi connectivity index (χ1n) is 7.74. The highest BCUT2D eigenvalue weighted by molar-refractivity contribution is 6.31. The summed E-state index contributed by atoms with van der Waals surface area (Å²) in [6.45, 7) is 1.22. The van der Waals surface area contributed by atoms with Gasteiger partial charge in [0.05, 0.1) is 6.54 Å². The van der Waals surface area contributed by atoms with Crippen LogP contribution in [-0.2, 0) is 6.54 Å². The van der Waals surface area contributed by atoms with E-state index in [2.05, 4.69) is 5.32 Å². The second kappa shape index (κ2) is 7.45. The lowest BCUT2D eigenvalue weighted by atomic mass is 10.2. The van der Waals surface area contributed by atoms with Gasteiger partial charge in [0.15, 0.2) is 17.6 Å². The van der Waals surface area contributed by atoms with E-state index in [9.17, 15) is 4.79 Å². The SMILES string of the molecule is CN(Cc1ccccc1Cl)C(=O)NCC1COc2ccccc2O1. The van der Waals surface area contributed by atoms with Crippen LogP contribution in [0.2, 0.25) is 5.02 Å². The zero-order chi connectivity index (χ0) is 16.9. The molecular formula is C18H19ClN2O3. The summed E-state index contributed by atoms with van der Waals surface area (Å²) in [5, 5.41) is 3.51. The van der Waals surface area contributed by atoms with Gasteiger partial charge in [0.25, 0.3) is 0 Å². The molecule has 0 fully saturated rings. The van der Waals surface area contributed by atoms with Crippen LogP contribution in [0.3, 0.4) is 0 Å². The third-order valence-corrected chi connectivity index (χ3v) is 4.13. The number of para-hydroxylation sites is 2. The minimum atomic E-state index is -0.211. The molecule has 5 nitrogen and oxygen atoms in total. The molecule has 0 spiro atoms. The first-order valence-corrected chi connectivity index (χ1v) is 8.12. The van der Waals surface area contributed by atoms with Crippen molar-refractivity contribution in [3.05, 3.63) is 59.1 Å². The molecule has 0 bridgehead atoms. The minimum absolute atomic E-state index is 0.183. The predicted octanol–water partition coefficient (Wildman–Crippen LogP) is 3.32. The largest absolute Gasteiger partial charge is 0.486 e. The van der Waals surface area contributed by atoms with Gasteiger partial charge in [-0.2, -0.15) is 0 Å². The third-order valence-electron chi connectivity index (χ3n) is 3.76. The van der Waals surface area contributed by atoms with Crippen LogP contribution < -0.4 is 14.8 Å². The maximum atomic E-state index is 12.2. The molecule has 0 aromatic heterocycles. The van der Waals surface area contributed by atoms with Crippen molar-refractivity contribution in [1.29, 1.82) is 0 Å². The Balaban J connectivity index is 1.50. The van der Waals surface area contributed by atoms with E-state index in [1.165, 1.54) is 0 Å². The van der Waals surface area contributed by atoms with Crippen molar-refractivity contribution < 1.29 is 14.3 Å². The van der Waals surface area contributed by atoms with E-state index in [0.29, 0.717) is 30.5 Å². The minimum Gasteiger partial charge on any atom is -0.486 e. The number of hydrogen-bond donors (Lipinski definition) is 1. The second-order valence-electron chi connectivity index (χ2n) is 5.63. The molecule has 2 aromatic carbocycles. The Kier molecular flexibility index (Phi) is 5.11. The summed E-state index contributed by atoms with van der Waals surface area (Å²) in [7, 11) is 1.73. The molecule has 3 rings (SSSR count). The van der Waals surface area contributed by atoms with Gasteiger partial charge in [-0.1, -0.05) is 41.9 Å². The molecule has 0 aliphatic carbocycles. The number of fused-ring (bicyclic) bond motifs is 1. The lowest BCUT2D eigenvalue weighted by molar-refractivity contribution is 0.0904. The van der Waals surface area contributed by atoms with Gasteiger partial charge < -0.3 is 19.7 Å². The van der Waals surface area contributed by atoms with Gasteiger partial charge >= 0.3 is 6.03 Å². The van der Waals surface area contributed by atoms with Crippen LogP contribution in [0.1, 0.15) is 5.56 Å². The molecule has 126 valence electrons. The number of halogens is 1. The summed E-state index contributed by atoms with van der Waals surface area (Å²) in [5.74, 6) is 1.43. The summed E-state index contributed by atoms with van der Waals surface area (Å²) in [6, 6.07) is 14.8. The normalized spacial score (nSPS) is 15.7. The number of urea groups is 1. The summed E-state index contributed by atoms with van der Waals surface area (Å²) in [5.41, 5.74) is 0.906. The average molecular weight is 347 g/mol. The summed E-state index contributed by atoms with van der Waals surface area (Å²) in [6.07, 6.45) is -0.211. The van der Waals surface area contributed by atoms with Crippen molar-refractivity contribution in [3.8, 4) is 11.5 Å². The fourth-order valence-corrected chi connectivity index (χ4v) is 2.65. The van der Waals surface area contributed by atoms with Crippen LogP contribution in [0, 0.1) is 0 Å². The van der Waals surface area contributed by atoms with Crippen molar-refractivity contribution in [2.75, 3.05) is 20.2 Å². The number of carbonyl (C=O) groups is 1. The van der Waals surface area contributed by atoms with Gasteiger partial charge in [0, 0.05) is 18.6 Å². The smallest absolute Gasteiger partial charge is 0.317 e. The molecule has 1 aliphatic heterocycles. The molecule has 0 radical (unpaired) electrons. The Bertz CT molecular complexity index is 723. The maximum absolute atomic E-state index is 12.2. The van der Waals surface area contributed by atoms with Crippen molar-refractivity contribution in [3.63, 3.8) is 0 Å². The quantitative estimate of drug-likeness (QED) is 0.924. The molecule has 0 saturated heterocycles. The van der Waals surface area contributed by atoms with E-state index < -0.39 is 0 Å². The van der Waals surface area contributed by atoms with Gasteiger partial charge in [-0.05, 0) is 23.8 Å². The summed E-state index contributed by atoms with van der Waals surface area (Å²) >= 11 is 6.12. The zero-order valence-corrected chi connectivity index (χ0v) is 14.1. The van der Waals surface area contributed by atoms with Gasteiger partial charge in [-0.3, -0.25) is 0 Å². The number of benzene rings is 2. The Morgan fingerprint density at radius 1 is 1.21 bits per heavy atom. The van der Waals surface area contributed by atoms with E-state index in [1.54, 1.807) is 11.9 Å². The average Bonchev–Trinajstić information content (AvgIpc) is 2.61. The van der Waals surface area contributed by atoms with Gasteiger partial charge in [0.2, 0.25) is 0 Å². The van der Waals surface area contributed by atoms with Crippen molar-refractivity contribution in [1.82, 2.24) is 10.2 Å². The lowest BCUT2D eigenvalue weighted by Crippen LogP contribution is -2.44. The van der Waals surface area contributed by atoms with Crippen LogP contribution in [0.25, 0.3) is 0 Å². The molecule has 6 heteroatoms. The molecular weight excluding hydrogens is 328 g/mol. The van der Waals surface area contributed by atoms with Gasteiger partial charge in [-0.25, -0.2) is 4.79 Å². The molecule has 2 amide bonds. The van der Waals surface area contributed by atoms with Crippen molar-refractivity contribution in [2.45, 2.75) is 12.6 Å². The van der Waals surface area contributed by atoms with Crippen molar-refractivity contribution in [2.24, 2.45) is 0 Å². The van der Waals surface area contributed by atoms with E-state index in [1.807, 2.05) is 48.5 Å². The molecule has 1 unspecified atom stereocenters. The predicted molar refractivity (Wildman–Crippen MR) is 92.7 cm³/mol. The van der Waals surface area contributed by atoms with E-state index in [0.717, 1.165) is 11.3 Å². The Morgan fingerprint density at radius 2 is 1.92 bits per heavy atom. The van der Waals surface area contributed by atoms with Gasteiger partial charge in [0.1, 0.15) is 6.61 Å². The molecule has 24 heavy (non-hydrogen) atoms. The highest BCUT2D eigenvalue weighted by Crippen LogP contribution is 2.30.